The second-order valence-corrected chi connectivity index (χ2v) is 5.72. The van der Waals surface area contributed by atoms with E-state index in [0.29, 0.717) is 12.0 Å². The molecular formula is C14H28N2O. The van der Waals surface area contributed by atoms with Gasteiger partial charge in [-0.15, -0.1) is 0 Å². The molecule has 1 aliphatic carbocycles. The summed E-state index contributed by atoms with van der Waals surface area (Å²) in [5.41, 5.74) is 5.98. The number of nitrogens with two attached hydrogens (primary N) is 1. The van der Waals surface area contributed by atoms with E-state index in [2.05, 4.69) is 25.7 Å². The fourth-order valence-corrected chi connectivity index (χ4v) is 2.68. The number of nitrogens with zero attached hydrogens (tertiary/aromatic N) is 1. The Balaban J connectivity index is 2.63. The molecule has 1 aliphatic rings. The van der Waals surface area contributed by atoms with Gasteiger partial charge in [0, 0.05) is 12.6 Å². The molecule has 0 radical (unpaired) electrons. The van der Waals surface area contributed by atoms with Crippen LogP contribution in [-0.4, -0.2) is 29.4 Å². The highest BCUT2D eigenvalue weighted by atomic mass is 16.2. The molecule has 1 amide bonds. The molecule has 1 saturated carbocycles. The summed E-state index contributed by atoms with van der Waals surface area (Å²) in [7, 11) is 0. The van der Waals surface area contributed by atoms with Gasteiger partial charge in [-0.25, -0.2) is 0 Å². The molecule has 3 nitrogen and oxygen atoms in total. The molecule has 17 heavy (non-hydrogen) atoms. The predicted molar refractivity (Wildman–Crippen MR) is 71.7 cm³/mol. The van der Waals surface area contributed by atoms with Gasteiger partial charge in [0.05, 0.1) is 6.04 Å². The molecule has 2 N–H and O–H groups in total. The van der Waals surface area contributed by atoms with Crippen molar-refractivity contribution in [2.24, 2.45) is 11.7 Å². The van der Waals surface area contributed by atoms with Crippen molar-refractivity contribution in [1.29, 1.82) is 0 Å². The average molecular weight is 240 g/mol. The summed E-state index contributed by atoms with van der Waals surface area (Å²) in [6.07, 6.45) is 6.63. The lowest BCUT2D eigenvalue weighted by molar-refractivity contribution is -0.135. The Kier molecular flexibility index (Phi) is 5.96. The first kappa shape index (κ1) is 14.5. The average Bonchev–Trinajstić information content (AvgIpc) is 2.78. The van der Waals surface area contributed by atoms with Crippen LogP contribution in [0.1, 0.15) is 59.3 Å². The van der Waals surface area contributed by atoms with Gasteiger partial charge in [-0.1, -0.05) is 40.0 Å². The second kappa shape index (κ2) is 7.00. The molecule has 0 heterocycles. The van der Waals surface area contributed by atoms with Crippen molar-refractivity contribution in [2.75, 3.05) is 6.54 Å². The minimum atomic E-state index is -0.292. The largest absolute Gasteiger partial charge is 0.338 e. The van der Waals surface area contributed by atoms with Gasteiger partial charge in [0.15, 0.2) is 0 Å². The van der Waals surface area contributed by atoms with E-state index < -0.39 is 0 Å². The van der Waals surface area contributed by atoms with E-state index in [1.165, 1.54) is 12.8 Å². The predicted octanol–water partition coefficient (Wildman–Crippen LogP) is 2.54. The highest BCUT2D eigenvalue weighted by molar-refractivity contribution is 5.82. The van der Waals surface area contributed by atoms with Crippen molar-refractivity contribution >= 4 is 5.91 Å². The Morgan fingerprint density at radius 3 is 2.41 bits per heavy atom. The smallest absolute Gasteiger partial charge is 0.239 e. The summed E-state index contributed by atoms with van der Waals surface area (Å²) in [5.74, 6) is 0.695. The standard InChI is InChI=1S/C14H28N2O/c1-4-7-13(15)14(17)16(10-11(2)3)12-8-5-6-9-12/h11-13H,4-10,15H2,1-3H3/t13-/m0/s1. The number of carbonyl (C=O) groups is 1. The lowest BCUT2D eigenvalue weighted by Gasteiger charge is -2.32. The minimum absolute atomic E-state index is 0.174. The van der Waals surface area contributed by atoms with Crippen LogP contribution in [-0.2, 0) is 4.79 Å². The fraction of sp³-hybridized carbons (Fsp3) is 0.929. The molecule has 0 aliphatic heterocycles. The monoisotopic (exact) mass is 240 g/mol. The lowest BCUT2D eigenvalue weighted by Crippen LogP contribution is -2.49. The second-order valence-electron chi connectivity index (χ2n) is 5.72. The third kappa shape index (κ3) is 4.30. The van der Waals surface area contributed by atoms with Crippen molar-refractivity contribution in [2.45, 2.75) is 71.4 Å². The van der Waals surface area contributed by atoms with Crippen LogP contribution in [0, 0.1) is 5.92 Å². The summed E-state index contributed by atoms with van der Waals surface area (Å²) in [6, 6.07) is 0.159. The van der Waals surface area contributed by atoms with Gasteiger partial charge >= 0.3 is 0 Å². The van der Waals surface area contributed by atoms with Crippen LogP contribution in [0.4, 0.5) is 0 Å². The maximum Gasteiger partial charge on any atom is 0.239 e. The Labute approximate surface area is 106 Å². The zero-order chi connectivity index (χ0) is 12.8. The van der Waals surface area contributed by atoms with E-state index in [4.69, 9.17) is 5.73 Å². The topological polar surface area (TPSA) is 46.3 Å². The van der Waals surface area contributed by atoms with Crippen molar-refractivity contribution in [3.05, 3.63) is 0 Å². The van der Waals surface area contributed by atoms with E-state index in [9.17, 15) is 4.79 Å². The fourth-order valence-electron chi connectivity index (χ4n) is 2.68. The molecule has 1 atom stereocenters. The molecule has 0 bridgehead atoms. The summed E-state index contributed by atoms with van der Waals surface area (Å²) < 4.78 is 0. The Morgan fingerprint density at radius 2 is 1.94 bits per heavy atom. The van der Waals surface area contributed by atoms with Crippen molar-refractivity contribution in [3.63, 3.8) is 0 Å². The first-order valence-corrected chi connectivity index (χ1v) is 7.12. The SMILES string of the molecule is CCC[C@H](N)C(=O)N(CC(C)C)C1CCCC1. The number of amides is 1. The molecule has 0 spiro atoms. The minimum Gasteiger partial charge on any atom is -0.338 e. The van der Waals surface area contributed by atoms with Gasteiger partial charge < -0.3 is 10.6 Å². The number of carbonyl (C=O) groups excluding carboxylic acids is 1. The third-order valence-electron chi connectivity index (χ3n) is 3.53. The summed E-state index contributed by atoms with van der Waals surface area (Å²) in [6.45, 7) is 7.28. The van der Waals surface area contributed by atoms with E-state index in [-0.39, 0.29) is 11.9 Å². The molecule has 0 aromatic rings. The quantitative estimate of drug-likeness (QED) is 0.775. The zero-order valence-corrected chi connectivity index (χ0v) is 11.6. The molecule has 0 unspecified atom stereocenters. The van der Waals surface area contributed by atoms with Gasteiger partial charge in [0.1, 0.15) is 0 Å². The van der Waals surface area contributed by atoms with E-state index in [1.54, 1.807) is 0 Å². The van der Waals surface area contributed by atoms with Gasteiger partial charge in [-0.2, -0.15) is 0 Å². The summed E-state index contributed by atoms with van der Waals surface area (Å²) >= 11 is 0. The van der Waals surface area contributed by atoms with Gasteiger partial charge in [-0.05, 0) is 25.2 Å². The van der Waals surface area contributed by atoms with Crippen molar-refractivity contribution < 1.29 is 4.79 Å². The van der Waals surface area contributed by atoms with Crippen molar-refractivity contribution in [3.8, 4) is 0 Å². The third-order valence-corrected chi connectivity index (χ3v) is 3.53. The Morgan fingerprint density at radius 1 is 1.35 bits per heavy atom. The molecule has 0 aromatic carbocycles. The highest BCUT2D eigenvalue weighted by Gasteiger charge is 2.29. The van der Waals surface area contributed by atoms with Crippen LogP contribution in [0.25, 0.3) is 0 Å². The highest BCUT2D eigenvalue weighted by Crippen LogP contribution is 2.25. The zero-order valence-electron chi connectivity index (χ0n) is 11.6. The molecule has 100 valence electrons. The summed E-state index contributed by atoms with van der Waals surface area (Å²) in [4.78, 5) is 14.4. The summed E-state index contributed by atoms with van der Waals surface area (Å²) in [5, 5.41) is 0. The first-order chi connectivity index (χ1) is 8.06. The molecular weight excluding hydrogens is 212 g/mol. The van der Waals surface area contributed by atoms with Crippen LogP contribution < -0.4 is 5.73 Å². The van der Waals surface area contributed by atoms with E-state index in [1.807, 2.05) is 0 Å². The molecule has 0 saturated heterocycles. The van der Waals surface area contributed by atoms with Crippen LogP contribution in [0.2, 0.25) is 0 Å². The van der Waals surface area contributed by atoms with Gasteiger partial charge in [0.25, 0.3) is 0 Å². The van der Waals surface area contributed by atoms with Crippen LogP contribution >= 0.6 is 0 Å². The lowest BCUT2D eigenvalue weighted by atomic mass is 10.1. The maximum absolute atomic E-state index is 12.4. The molecule has 0 aromatic heterocycles. The number of hydrogen-bond donors (Lipinski definition) is 1. The Hall–Kier alpha value is -0.570. The van der Waals surface area contributed by atoms with Crippen LogP contribution in [0.5, 0.6) is 0 Å². The normalized spacial score (nSPS) is 18.6. The van der Waals surface area contributed by atoms with Crippen LogP contribution in [0.3, 0.4) is 0 Å². The first-order valence-electron chi connectivity index (χ1n) is 7.12. The molecule has 1 fully saturated rings. The number of rotatable bonds is 6. The maximum atomic E-state index is 12.4. The van der Waals surface area contributed by atoms with E-state index >= 15 is 0 Å². The molecule has 1 rings (SSSR count). The molecule has 3 heteroatoms. The van der Waals surface area contributed by atoms with Gasteiger partial charge in [0.2, 0.25) is 5.91 Å². The van der Waals surface area contributed by atoms with Crippen molar-refractivity contribution in [1.82, 2.24) is 4.90 Å². The Bertz CT molecular complexity index is 234. The van der Waals surface area contributed by atoms with Crippen LogP contribution in [0.15, 0.2) is 0 Å². The van der Waals surface area contributed by atoms with Gasteiger partial charge in [-0.3, -0.25) is 4.79 Å². The van der Waals surface area contributed by atoms with E-state index in [0.717, 1.165) is 32.2 Å². The number of hydrogen-bond acceptors (Lipinski definition) is 2.